The lowest BCUT2D eigenvalue weighted by Gasteiger charge is -2.24. The van der Waals surface area contributed by atoms with Gasteiger partial charge in [0, 0.05) is 18.0 Å². The largest absolute Gasteiger partial charge is 0.371 e. The molecule has 2 N–H and O–H groups in total. The highest BCUT2D eigenvalue weighted by Crippen LogP contribution is 2.26. The number of amides is 1. The van der Waals surface area contributed by atoms with Crippen LogP contribution >= 0.6 is 0 Å². The van der Waals surface area contributed by atoms with Crippen molar-refractivity contribution in [1.82, 2.24) is 4.57 Å². The Balaban J connectivity index is 2.39. The number of para-hydroxylation sites is 1. The molecule has 0 saturated carbocycles. The van der Waals surface area contributed by atoms with Gasteiger partial charge in [-0.15, -0.1) is 6.58 Å². The molecule has 1 heterocycles. The van der Waals surface area contributed by atoms with Crippen molar-refractivity contribution in [3.05, 3.63) is 48.7 Å². The third-order valence-corrected chi connectivity index (χ3v) is 3.24. The van der Waals surface area contributed by atoms with E-state index < -0.39 is 6.03 Å². The van der Waals surface area contributed by atoms with Crippen LogP contribution in [0.15, 0.2) is 43.1 Å². The molecule has 0 fully saturated rings. The van der Waals surface area contributed by atoms with Crippen LogP contribution in [0.25, 0.3) is 10.9 Å². The van der Waals surface area contributed by atoms with Crippen molar-refractivity contribution in [3.8, 4) is 0 Å². The van der Waals surface area contributed by atoms with Crippen LogP contribution in [-0.4, -0.2) is 22.8 Å². The maximum Gasteiger partial charge on any atom is 0.323 e. The van der Waals surface area contributed by atoms with E-state index in [4.69, 9.17) is 10.5 Å². The molecule has 4 heteroatoms. The van der Waals surface area contributed by atoms with E-state index in [1.54, 1.807) is 12.3 Å². The molecule has 0 aliphatic rings. The Morgan fingerprint density at radius 1 is 1.45 bits per heavy atom. The molecular formula is C16H20N2O2. The zero-order valence-electron chi connectivity index (χ0n) is 11.9. The molecule has 0 unspecified atom stereocenters. The fraction of sp³-hybridized carbons (Fsp3) is 0.312. The maximum absolute atomic E-state index is 11.5. The molecule has 2 rings (SSSR count). The van der Waals surface area contributed by atoms with Crippen LogP contribution in [0.1, 0.15) is 19.4 Å². The number of aromatic nitrogens is 1. The molecule has 0 aliphatic heterocycles. The Bertz CT molecular complexity index is 641. The Morgan fingerprint density at radius 2 is 2.15 bits per heavy atom. The fourth-order valence-electron chi connectivity index (χ4n) is 2.37. The number of hydrogen-bond acceptors (Lipinski definition) is 2. The van der Waals surface area contributed by atoms with Crippen molar-refractivity contribution >= 4 is 16.9 Å². The smallest absolute Gasteiger partial charge is 0.323 e. The number of nitrogens with zero attached hydrogens (tertiary/aromatic N) is 1. The molecule has 1 aromatic heterocycles. The van der Waals surface area contributed by atoms with Gasteiger partial charge in [0.2, 0.25) is 0 Å². The summed E-state index contributed by atoms with van der Waals surface area (Å²) < 4.78 is 7.24. The minimum atomic E-state index is -0.475. The second kappa shape index (κ2) is 5.51. The van der Waals surface area contributed by atoms with E-state index in [0.29, 0.717) is 13.0 Å². The van der Waals surface area contributed by atoms with E-state index >= 15 is 0 Å². The first-order chi connectivity index (χ1) is 9.44. The predicted octanol–water partition coefficient (Wildman–Crippen LogP) is 3.09. The zero-order valence-corrected chi connectivity index (χ0v) is 11.9. The van der Waals surface area contributed by atoms with E-state index in [9.17, 15) is 4.79 Å². The van der Waals surface area contributed by atoms with Crippen LogP contribution in [0.2, 0.25) is 0 Å². The number of ether oxygens (including phenoxy) is 1. The number of carbonyl (C=O) groups is 1. The number of primary amides is 1. The summed E-state index contributed by atoms with van der Waals surface area (Å²) >= 11 is 0. The third kappa shape index (κ3) is 2.91. The first-order valence-electron chi connectivity index (χ1n) is 6.58. The lowest BCUT2D eigenvalue weighted by atomic mass is 9.98. The van der Waals surface area contributed by atoms with E-state index in [2.05, 4.69) is 6.58 Å². The highest BCUT2D eigenvalue weighted by atomic mass is 16.5. The standard InChI is InChI=1S/C16H20N2O2/c1-4-9-20-16(2,3)10-12-11-18(15(17)19)14-8-6-5-7-13(12)14/h4-8,11H,1,9-10H2,2-3H3,(H2,17,19). The van der Waals surface area contributed by atoms with Crippen molar-refractivity contribution in [2.75, 3.05) is 6.61 Å². The minimum absolute atomic E-state index is 0.333. The van der Waals surface area contributed by atoms with Gasteiger partial charge in [0.25, 0.3) is 0 Å². The number of nitrogens with two attached hydrogens (primary N) is 1. The summed E-state index contributed by atoms with van der Waals surface area (Å²) in [6.07, 6.45) is 4.22. The molecule has 0 aliphatic carbocycles. The van der Waals surface area contributed by atoms with E-state index in [1.165, 1.54) is 4.57 Å². The molecule has 2 aromatic rings. The molecule has 0 radical (unpaired) electrons. The van der Waals surface area contributed by atoms with Crippen molar-refractivity contribution in [1.29, 1.82) is 0 Å². The minimum Gasteiger partial charge on any atom is -0.371 e. The average molecular weight is 272 g/mol. The lowest BCUT2D eigenvalue weighted by molar-refractivity contribution is 0.0000892. The lowest BCUT2D eigenvalue weighted by Crippen LogP contribution is -2.27. The van der Waals surface area contributed by atoms with Gasteiger partial charge in [-0.3, -0.25) is 4.57 Å². The van der Waals surface area contributed by atoms with Gasteiger partial charge in [-0.2, -0.15) is 0 Å². The molecular weight excluding hydrogens is 252 g/mol. The molecule has 0 saturated heterocycles. The van der Waals surface area contributed by atoms with Gasteiger partial charge in [-0.25, -0.2) is 4.79 Å². The molecule has 4 nitrogen and oxygen atoms in total. The molecule has 0 atom stereocenters. The van der Waals surface area contributed by atoms with E-state index in [-0.39, 0.29) is 5.60 Å². The van der Waals surface area contributed by atoms with Gasteiger partial charge in [-0.05, 0) is 25.5 Å². The summed E-state index contributed by atoms with van der Waals surface area (Å²) in [4.78, 5) is 11.5. The first-order valence-corrected chi connectivity index (χ1v) is 6.58. The summed E-state index contributed by atoms with van der Waals surface area (Å²) in [5, 5.41) is 1.03. The quantitative estimate of drug-likeness (QED) is 0.850. The molecule has 20 heavy (non-hydrogen) atoms. The Morgan fingerprint density at radius 3 is 2.80 bits per heavy atom. The molecule has 0 bridgehead atoms. The highest BCUT2D eigenvalue weighted by Gasteiger charge is 2.22. The summed E-state index contributed by atoms with van der Waals surface area (Å²) in [5.41, 5.74) is 6.96. The Hall–Kier alpha value is -2.07. The SMILES string of the molecule is C=CCOC(C)(C)Cc1cn(C(N)=O)c2ccccc12. The summed E-state index contributed by atoms with van der Waals surface area (Å²) in [5.74, 6) is 0. The van der Waals surface area contributed by atoms with Gasteiger partial charge in [0.05, 0.1) is 17.7 Å². The zero-order chi connectivity index (χ0) is 14.8. The van der Waals surface area contributed by atoms with Crippen molar-refractivity contribution in [2.24, 2.45) is 5.73 Å². The normalized spacial score (nSPS) is 11.7. The van der Waals surface area contributed by atoms with Crippen LogP contribution in [0, 0.1) is 0 Å². The number of fused-ring (bicyclic) bond motifs is 1. The third-order valence-electron chi connectivity index (χ3n) is 3.24. The van der Waals surface area contributed by atoms with Crippen molar-refractivity contribution in [2.45, 2.75) is 25.9 Å². The highest BCUT2D eigenvalue weighted by molar-refractivity contribution is 5.93. The van der Waals surface area contributed by atoms with Crippen LogP contribution in [0.3, 0.4) is 0 Å². The Labute approximate surface area is 118 Å². The number of hydrogen-bond donors (Lipinski definition) is 1. The number of benzene rings is 1. The predicted molar refractivity (Wildman–Crippen MR) is 80.9 cm³/mol. The Kier molecular flexibility index (Phi) is 3.95. The van der Waals surface area contributed by atoms with Gasteiger partial charge in [0.1, 0.15) is 0 Å². The van der Waals surface area contributed by atoms with Crippen molar-refractivity contribution < 1.29 is 9.53 Å². The molecule has 106 valence electrons. The van der Waals surface area contributed by atoms with Crippen LogP contribution < -0.4 is 5.73 Å². The fourth-order valence-corrected chi connectivity index (χ4v) is 2.37. The second-order valence-electron chi connectivity index (χ2n) is 5.42. The molecule has 0 spiro atoms. The molecule has 1 aromatic carbocycles. The maximum atomic E-state index is 11.5. The summed E-state index contributed by atoms with van der Waals surface area (Å²) in [6.45, 7) is 8.20. The monoisotopic (exact) mass is 272 g/mol. The van der Waals surface area contributed by atoms with Gasteiger partial charge >= 0.3 is 6.03 Å². The summed E-state index contributed by atoms with van der Waals surface area (Å²) in [7, 11) is 0. The van der Waals surface area contributed by atoms with Crippen LogP contribution in [0.5, 0.6) is 0 Å². The first kappa shape index (κ1) is 14.3. The molecule has 1 amide bonds. The van der Waals surface area contributed by atoms with E-state index in [1.807, 2.05) is 38.1 Å². The summed E-state index contributed by atoms with van der Waals surface area (Å²) in [6, 6.07) is 7.26. The average Bonchev–Trinajstić information content (AvgIpc) is 2.75. The second-order valence-corrected chi connectivity index (χ2v) is 5.42. The van der Waals surface area contributed by atoms with Gasteiger partial charge < -0.3 is 10.5 Å². The topological polar surface area (TPSA) is 57.2 Å². The number of rotatable bonds is 5. The van der Waals surface area contributed by atoms with Gasteiger partial charge in [0.15, 0.2) is 0 Å². The van der Waals surface area contributed by atoms with Crippen LogP contribution in [0.4, 0.5) is 4.79 Å². The van der Waals surface area contributed by atoms with Crippen molar-refractivity contribution in [3.63, 3.8) is 0 Å². The van der Waals surface area contributed by atoms with Crippen LogP contribution in [-0.2, 0) is 11.2 Å². The number of carbonyl (C=O) groups excluding carboxylic acids is 1. The van der Waals surface area contributed by atoms with E-state index in [0.717, 1.165) is 16.5 Å². The van der Waals surface area contributed by atoms with Gasteiger partial charge in [-0.1, -0.05) is 24.3 Å².